The van der Waals surface area contributed by atoms with E-state index in [-0.39, 0.29) is 17.7 Å². The average molecular weight is 382 g/mol. The summed E-state index contributed by atoms with van der Waals surface area (Å²) < 4.78 is 1.94. The highest BCUT2D eigenvalue weighted by atomic mass is 32.1. The molecular formula is C20H22N4O2S. The van der Waals surface area contributed by atoms with Crippen molar-refractivity contribution >= 4 is 28.1 Å². The number of benzene rings is 1. The Morgan fingerprint density at radius 1 is 1.19 bits per heavy atom. The zero-order valence-corrected chi connectivity index (χ0v) is 15.8. The average Bonchev–Trinajstić information content (AvgIpc) is 3.28. The molecule has 0 spiro atoms. The number of carbonyl (C=O) groups excluding carboxylic acids is 2. The van der Waals surface area contributed by atoms with E-state index in [1.807, 2.05) is 57.4 Å². The first-order valence-electron chi connectivity index (χ1n) is 9.19. The number of nitrogens with zero attached hydrogens (tertiary/aromatic N) is 3. The van der Waals surface area contributed by atoms with Crippen molar-refractivity contribution in [2.45, 2.75) is 25.8 Å². The third kappa shape index (κ3) is 4.19. The number of hydrogen-bond donors (Lipinski definition) is 1. The number of imidazole rings is 1. The van der Waals surface area contributed by atoms with Gasteiger partial charge in [0.1, 0.15) is 0 Å². The lowest BCUT2D eigenvalue weighted by atomic mass is 9.95. The molecule has 0 atom stereocenters. The normalized spacial score (nSPS) is 15.2. The number of rotatable bonds is 5. The summed E-state index contributed by atoms with van der Waals surface area (Å²) in [4.78, 5) is 32.2. The molecule has 1 aliphatic rings. The molecule has 1 aromatic carbocycles. The summed E-state index contributed by atoms with van der Waals surface area (Å²) in [7, 11) is 0. The topological polar surface area (TPSA) is 66.7 Å². The maximum atomic E-state index is 12.5. The molecule has 2 amide bonds. The minimum absolute atomic E-state index is 0.0179. The number of thiazole rings is 1. The monoisotopic (exact) mass is 382 g/mol. The van der Waals surface area contributed by atoms with Gasteiger partial charge in [0.2, 0.25) is 11.8 Å². The Morgan fingerprint density at radius 2 is 1.96 bits per heavy atom. The highest BCUT2D eigenvalue weighted by Crippen LogP contribution is 2.19. The van der Waals surface area contributed by atoms with Crippen molar-refractivity contribution in [3.05, 3.63) is 59.4 Å². The summed E-state index contributed by atoms with van der Waals surface area (Å²) in [6.07, 6.45) is 5.60. The number of nitrogens with one attached hydrogen (secondary N) is 1. The summed E-state index contributed by atoms with van der Waals surface area (Å²) in [6, 6.07) is 9.90. The van der Waals surface area contributed by atoms with Crippen LogP contribution < -0.4 is 5.32 Å². The number of amides is 2. The van der Waals surface area contributed by atoms with Gasteiger partial charge < -0.3 is 10.2 Å². The molecule has 3 aromatic rings. The first kappa shape index (κ1) is 17.7. The van der Waals surface area contributed by atoms with Gasteiger partial charge in [0.05, 0.1) is 12.1 Å². The van der Waals surface area contributed by atoms with Gasteiger partial charge in [-0.25, -0.2) is 4.98 Å². The molecule has 140 valence electrons. The molecule has 0 saturated carbocycles. The van der Waals surface area contributed by atoms with Crippen molar-refractivity contribution in [3.8, 4) is 0 Å². The Labute approximate surface area is 161 Å². The van der Waals surface area contributed by atoms with Crippen LogP contribution in [0.15, 0.2) is 48.1 Å². The number of likely N-dealkylation sites (tertiary alicyclic amines) is 1. The van der Waals surface area contributed by atoms with Gasteiger partial charge in [-0.1, -0.05) is 30.3 Å². The van der Waals surface area contributed by atoms with E-state index in [0.29, 0.717) is 38.9 Å². The van der Waals surface area contributed by atoms with Crippen LogP contribution >= 0.6 is 11.3 Å². The number of aromatic nitrogens is 2. The predicted octanol–water partition coefficient (Wildman–Crippen LogP) is 2.49. The largest absolute Gasteiger partial charge is 0.352 e. The van der Waals surface area contributed by atoms with Crippen molar-refractivity contribution in [2.24, 2.45) is 5.92 Å². The highest BCUT2D eigenvalue weighted by molar-refractivity contribution is 7.15. The molecule has 7 heteroatoms. The molecule has 1 aliphatic heterocycles. The zero-order chi connectivity index (χ0) is 18.6. The van der Waals surface area contributed by atoms with Crippen LogP contribution in [0.25, 0.3) is 4.96 Å². The van der Waals surface area contributed by atoms with Crippen molar-refractivity contribution < 1.29 is 9.59 Å². The SMILES string of the molecule is O=C(NCc1ccccc1)C1CCN(C(=O)Cc2cn3ccsc3n2)CC1. The van der Waals surface area contributed by atoms with Gasteiger partial charge in [-0.2, -0.15) is 0 Å². The molecule has 6 nitrogen and oxygen atoms in total. The first-order valence-corrected chi connectivity index (χ1v) is 10.1. The summed E-state index contributed by atoms with van der Waals surface area (Å²) in [5.41, 5.74) is 1.90. The molecule has 1 N–H and O–H groups in total. The van der Waals surface area contributed by atoms with Crippen molar-refractivity contribution in [3.63, 3.8) is 0 Å². The van der Waals surface area contributed by atoms with Gasteiger partial charge in [-0.15, -0.1) is 11.3 Å². The van der Waals surface area contributed by atoms with E-state index in [0.717, 1.165) is 16.2 Å². The van der Waals surface area contributed by atoms with Gasteiger partial charge >= 0.3 is 0 Å². The minimum atomic E-state index is -0.0179. The fraction of sp³-hybridized carbons (Fsp3) is 0.350. The van der Waals surface area contributed by atoms with Crippen LogP contribution in [0.4, 0.5) is 0 Å². The zero-order valence-electron chi connectivity index (χ0n) is 15.0. The maximum absolute atomic E-state index is 12.5. The number of piperidine rings is 1. The Balaban J connectivity index is 1.24. The van der Waals surface area contributed by atoms with E-state index in [9.17, 15) is 9.59 Å². The third-order valence-electron chi connectivity index (χ3n) is 5.00. The van der Waals surface area contributed by atoms with Crippen molar-refractivity contribution in [1.29, 1.82) is 0 Å². The highest BCUT2D eigenvalue weighted by Gasteiger charge is 2.27. The summed E-state index contributed by atoms with van der Waals surface area (Å²) >= 11 is 1.56. The first-order chi connectivity index (χ1) is 13.2. The third-order valence-corrected chi connectivity index (χ3v) is 5.77. The minimum Gasteiger partial charge on any atom is -0.352 e. The molecule has 4 rings (SSSR count). The van der Waals surface area contributed by atoms with E-state index in [1.165, 1.54) is 0 Å². The Bertz CT molecular complexity index is 897. The molecule has 0 radical (unpaired) electrons. The lowest BCUT2D eigenvalue weighted by Gasteiger charge is -2.31. The van der Waals surface area contributed by atoms with Crippen LogP contribution in [0.1, 0.15) is 24.1 Å². The van der Waals surface area contributed by atoms with Crippen LogP contribution in [0, 0.1) is 5.92 Å². The van der Waals surface area contributed by atoms with Crippen LogP contribution in [0.5, 0.6) is 0 Å². The molecule has 1 saturated heterocycles. The van der Waals surface area contributed by atoms with Gasteiger partial charge in [0, 0.05) is 43.3 Å². The summed E-state index contributed by atoms with van der Waals surface area (Å²) in [5, 5.41) is 4.98. The summed E-state index contributed by atoms with van der Waals surface area (Å²) in [5.74, 6) is 0.153. The van der Waals surface area contributed by atoms with Crippen LogP contribution in [-0.2, 0) is 22.6 Å². The standard InChI is InChI=1S/C20H22N4O2S/c25-18(12-17-14-24-10-11-27-20(24)22-17)23-8-6-16(7-9-23)19(26)21-13-15-4-2-1-3-5-15/h1-5,10-11,14,16H,6-9,12-13H2,(H,21,26). The van der Waals surface area contributed by atoms with E-state index < -0.39 is 0 Å². The Hall–Kier alpha value is -2.67. The van der Waals surface area contributed by atoms with Gasteiger partial charge in [-0.05, 0) is 18.4 Å². The number of hydrogen-bond acceptors (Lipinski definition) is 4. The molecule has 1 fully saturated rings. The van der Waals surface area contributed by atoms with Crippen molar-refractivity contribution in [2.75, 3.05) is 13.1 Å². The predicted molar refractivity (Wildman–Crippen MR) is 104 cm³/mol. The molecule has 0 bridgehead atoms. The fourth-order valence-corrected chi connectivity index (χ4v) is 4.17. The molecule has 0 aliphatic carbocycles. The van der Waals surface area contributed by atoms with Crippen LogP contribution in [0.3, 0.4) is 0 Å². The second-order valence-electron chi connectivity index (χ2n) is 6.86. The number of fused-ring (bicyclic) bond motifs is 1. The molecule has 27 heavy (non-hydrogen) atoms. The quantitative estimate of drug-likeness (QED) is 0.737. The van der Waals surface area contributed by atoms with E-state index in [1.54, 1.807) is 11.3 Å². The summed E-state index contributed by atoms with van der Waals surface area (Å²) in [6.45, 7) is 1.81. The van der Waals surface area contributed by atoms with E-state index in [2.05, 4.69) is 10.3 Å². The van der Waals surface area contributed by atoms with E-state index in [4.69, 9.17) is 0 Å². The van der Waals surface area contributed by atoms with Crippen LogP contribution in [0.2, 0.25) is 0 Å². The Morgan fingerprint density at radius 3 is 2.70 bits per heavy atom. The molecule has 0 unspecified atom stereocenters. The van der Waals surface area contributed by atoms with Crippen molar-refractivity contribution in [1.82, 2.24) is 19.6 Å². The van der Waals surface area contributed by atoms with E-state index >= 15 is 0 Å². The smallest absolute Gasteiger partial charge is 0.228 e. The molecule has 2 aromatic heterocycles. The lowest BCUT2D eigenvalue weighted by Crippen LogP contribution is -2.43. The number of carbonyl (C=O) groups is 2. The van der Waals surface area contributed by atoms with Crippen LogP contribution in [-0.4, -0.2) is 39.2 Å². The maximum Gasteiger partial charge on any atom is 0.228 e. The lowest BCUT2D eigenvalue weighted by molar-refractivity contribution is -0.135. The van der Waals surface area contributed by atoms with Gasteiger partial charge in [0.25, 0.3) is 0 Å². The van der Waals surface area contributed by atoms with Gasteiger partial charge in [0.15, 0.2) is 4.96 Å². The molecular weight excluding hydrogens is 360 g/mol. The molecule has 3 heterocycles. The second kappa shape index (κ2) is 7.92. The second-order valence-corrected chi connectivity index (χ2v) is 7.73. The van der Waals surface area contributed by atoms with Gasteiger partial charge in [-0.3, -0.25) is 14.0 Å². The fourth-order valence-electron chi connectivity index (χ4n) is 3.45. The Kier molecular flexibility index (Phi) is 5.20.